The van der Waals surface area contributed by atoms with E-state index in [1.807, 2.05) is 25.1 Å². The van der Waals surface area contributed by atoms with Gasteiger partial charge in [0.25, 0.3) is 5.56 Å². The number of thioether (sulfide) groups is 1. The number of imidazole rings is 1. The third-order valence-electron chi connectivity index (χ3n) is 4.30. The first-order valence-corrected chi connectivity index (χ1v) is 10.8. The zero-order valence-corrected chi connectivity index (χ0v) is 17.2. The zero-order valence-electron chi connectivity index (χ0n) is 15.5. The van der Waals surface area contributed by atoms with Crippen molar-refractivity contribution in [1.82, 2.24) is 24.1 Å². The molecule has 0 N–H and O–H groups in total. The molecular formula is C19H21N5OS2. The second-order valence-electron chi connectivity index (χ2n) is 6.91. The van der Waals surface area contributed by atoms with Gasteiger partial charge in [-0.25, -0.2) is 9.97 Å². The molecule has 0 fully saturated rings. The number of para-hydroxylation sites is 2. The van der Waals surface area contributed by atoms with E-state index in [1.165, 1.54) is 15.9 Å². The SMILES string of the molecule is Cc1nn2c(=O)cc(CSc3nc4ccccc4n3CCC(C)C)nc2s1. The fourth-order valence-electron chi connectivity index (χ4n) is 2.93. The number of hydrogen-bond acceptors (Lipinski definition) is 6. The van der Waals surface area contributed by atoms with Gasteiger partial charge in [-0.05, 0) is 31.4 Å². The van der Waals surface area contributed by atoms with Crippen LogP contribution >= 0.6 is 23.1 Å². The maximum Gasteiger partial charge on any atom is 0.275 e. The summed E-state index contributed by atoms with van der Waals surface area (Å²) in [5, 5.41) is 6.00. The van der Waals surface area contributed by atoms with Crippen LogP contribution in [0.4, 0.5) is 0 Å². The predicted octanol–water partition coefficient (Wildman–Crippen LogP) is 4.15. The number of fused-ring (bicyclic) bond motifs is 2. The van der Waals surface area contributed by atoms with Crippen LogP contribution in [0.25, 0.3) is 16.0 Å². The summed E-state index contributed by atoms with van der Waals surface area (Å²) in [6.45, 7) is 7.28. The van der Waals surface area contributed by atoms with Crippen molar-refractivity contribution in [2.24, 2.45) is 5.92 Å². The van der Waals surface area contributed by atoms with Gasteiger partial charge in [-0.15, -0.1) is 0 Å². The Labute approximate surface area is 165 Å². The Morgan fingerprint density at radius 2 is 2.04 bits per heavy atom. The summed E-state index contributed by atoms with van der Waals surface area (Å²) in [6.07, 6.45) is 1.10. The molecule has 0 amide bonds. The average Bonchev–Trinajstić information content (AvgIpc) is 3.18. The molecule has 8 heteroatoms. The van der Waals surface area contributed by atoms with Crippen LogP contribution in [0.2, 0.25) is 0 Å². The summed E-state index contributed by atoms with van der Waals surface area (Å²) in [5.41, 5.74) is 2.79. The Balaban J connectivity index is 1.63. The molecule has 3 aromatic heterocycles. The number of aromatic nitrogens is 5. The van der Waals surface area contributed by atoms with Crippen LogP contribution in [0.5, 0.6) is 0 Å². The van der Waals surface area contributed by atoms with E-state index in [9.17, 15) is 4.79 Å². The van der Waals surface area contributed by atoms with Gasteiger partial charge in [0.1, 0.15) is 5.01 Å². The van der Waals surface area contributed by atoms with E-state index in [2.05, 4.69) is 34.6 Å². The molecule has 0 bridgehead atoms. The minimum absolute atomic E-state index is 0.131. The monoisotopic (exact) mass is 399 g/mol. The van der Waals surface area contributed by atoms with Gasteiger partial charge in [0, 0.05) is 18.4 Å². The quantitative estimate of drug-likeness (QED) is 0.456. The first-order chi connectivity index (χ1) is 13.0. The van der Waals surface area contributed by atoms with Crippen LogP contribution in [0.15, 0.2) is 40.3 Å². The van der Waals surface area contributed by atoms with Gasteiger partial charge in [0.15, 0.2) is 5.16 Å². The Morgan fingerprint density at radius 1 is 1.22 bits per heavy atom. The van der Waals surface area contributed by atoms with E-state index in [0.29, 0.717) is 16.6 Å². The van der Waals surface area contributed by atoms with E-state index in [4.69, 9.17) is 4.98 Å². The molecule has 4 aromatic rings. The van der Waals surface area contributed by atoms with Crippen LogP contribution in [0.1, 0.15) is 31.0 Å². The standard InChI is InChI=1S/C19H21N5OS2/c1-12(2)8-9-23-16-7-5-4-6-15(16)21-18(23)26-11-14-10-17(25)24-19(20-14)27-13(3)22-24/h4-7,10,12H,8-9,11H2,1-3H3. The fourth-order valence-corrected chi connectivity index (χ4v) is 4.63. The van der Waals surface area contributed by atoms with Crippen molar-refractivity contribution in [3.8, 4) is 0 Å². The highest BCUT2D eigenvalue weighted by atomic mass is 32.2. The molecule has 0 aliphatic rings. The first-order valence-electron chi connectivity index (χ1n) is 8.96. The Bertz CT molecular complexity index is 1160. The molecule has 0 atom stereocenters. The van der Waals surface area contributed by atoms with Gasteiger partial charge in [-0.3, -0.25) is 4.79 Å². The molecule has 0 radical (unpaired) electrons. The fraction of sp³-hybridized carbons (Fsp3) is 0.368. The molecule has 0 aliphatic heterocycles. The Hall–Kier alpha value is -2.19. The van der Waals surface area contributed by atoms with E-state index in [0.717, 1.165) is 39.9 Å². The molecule has 0 saturated carbocycles. The van der Waals surface area contributed by atoms with Crippen molar-refractivity contribution < 1.29 is 0 Å². The largest absolute Gasteiger partial charge is 0.319 e. The molecule has 0 saturated heterocycles. The lowest BCUT2D eigenvalue weighted by Gasteiger charge is -2.10. The molecule has 3 heterocycles. The summed E-state index contributed by atoms with van der Waals surface area (Å²) in [7, 11) is 0. The summed E-state index contributed by atoms with van der Waals surface area (Å²) in [6, 6.07) is 9.79. The van der Waals surface area contributed by atoms with Crippen LogP contribution in [-0.4, -0.2) is 24.1 Å². The lowest BCUT2D eigenvalue weighted by Crippen LogP contribution is -2.15. The van der Waals surface area contributed by atoms with Crippen molar-refractivity contribution in [3.63, 3.8) is 0 Å². The number of aryl methyl sites for hydroxylation is 2. The molecule has 1 aromatic carbocycles. The van der Waals surface area contributed by atoms with Crippen molar-refractivity contribution in [2.75, 3.05) is 0 Å². The van der Waals surface area contributed by atoms with E-state index >= 15 is 0 Å². The minimum Gasteiger partial charge on any atom is -0.319 e. The van der Waals surface area contributed by atoms with Gasteiger partial charge in [0.2, 0.25) is 4.96 Å². The van der Waals surface area contributed by atoms with E-state index in [1.54, 1.807) is 17.8 Å². The van der Waals surface area contributed by atoms with Crippen molar-refractivity contribution in [2.45, 2.75) is 44.6 Å². The normalized spacial score (nSPS) is 11.9. The first kappa shape index (κ1) is 18.2. The highest BCUT2D eigenvalue weighted by Gasteiger charge is 2.13. The molecule has 4 rings (SSSR count). The number of rotatable bonds is 6. The lowest BCUT2D eigenvalue weighted by atomic mass is 10.1. The molecular weight excluding hydrogens is 378 g/mol. The van der Waals surface area contributed by atoms with Crippen LogP contribution < -0.4 is 5.56 Å². The number of nitrogens with zero attached hydrogens (tertiary/aromatic N) is 5. The predicted molar refractivity (Wildman–Crippen MR) is 111 cm³/mol. The third kappa shape index (κ3) is 3.77. The van der Waals surface area contributed by atoms with Gasteiger partial charge in [-0.2, -0.15) is 9.61 Å². The van der Waals surface area contributed by atoms with Gasteiger partial charge < -0.3 is 4.57 Å². The number of hydrogen-bond donors (Lipinski definition) is 0. The summed E-state index contributed by atoms with van der Waals surface area (Å²) >= 11 is 3.06. The van der Waals surface area contributed by atoms with Crippen molar-refractivity contribution in [1.29, 1.82) is 0 Å². The van der Waals surface area contributed by atoms with E-state index < -0.39 is 0 Å². The van der Waals surface area contributed by atoms with Crippen LogP contribution in [0, 0.1) is 12.8 Å². The molecule has 6 nitrogen and oxygen atoms in total. The highest BCUT2D eigenvalue weighted by molar-refractivity contribution is 7.98. The van der Waals surface area contributed by atoms with Crippen molar-refractivity contribution >= 4 is 39.1 Å². The molecule has 0 spiro atoms. The Morgan fingerprint density at radius 3 is 2.85 bits per heavy atom. The highest BCUT2D eigenvalue weighted by Crippen LogP contribution is 2.27. The maximum atomic E-state index is 12.2. The topological polar surface area (TPSA) is 65.1 Å². The van der Waals surface area contributed by atoms with Gasteiger partial charge in [0.05, 0.1) is 16.7 Å². The van der Waals surface area contributed by atoms with Crippen LogP contribution in [0.3, 0.4) is 0 Å². The van der Waals surface area contributed by atoms with Crippen LogP contribution in [-0.2, 0) is 12.3 Å². The Kier molecular flexibility index (Phi) is 5.01. The minimum atomic E-state index is -0.131. The average molecular weight is 400 g/mol. The van der Waals surface area contributed by atoms with Gasteiger partial charge >= 0.3 is 0 Å². The molecule has 27 heavy (non-hydrogen) atoms. The van der Waals surface area contributed by atoms with Gasteiger partial charge in [-0.1, -0.05) is 49.1 Å². The zero-order chi connectivity index (χ0) is 19.0. The molecule has 0 unspecified atom stereocenters. The number of benzene rings is 1. The summed E-state index contributed by atoms with van der Waals surface area (Å²) in [5.74, 6) is 1.23. The molecule has 0 aliphatic carbocycles. The maximum absolute atomic E-state index is 12.2. The second kappa shape index (κ2) is 7.44. The smallest absolute Gasteiger partial charge is 0.275 e. The lowest BCUT2D eigenvalue weighted by molar-refractivity contribution is 0.503. The summed E-state index contributed by atoms with van der Waals surface area (Å²) < 4.78 is 3.65. The second-order valence-corrected chi connectivity index (χ2v) is 9.01. The molecule has 140 valence electrons. The summed E-state index contributed by atoms with van der Waals surface area (Å²) in [4.78, 5) is 22.3. The van der Waals surface area contributed by atoms with Crippen molar-refractivity contribution in [3.05, 3.63) is 51.4 Å². The van der Waals surface area contributed by atoms with E-state index in [-0.39, 0.29) is 5.56 Å². The third-order valence-corrected chi connectivity index (χ3v) is 6.13.